The molecule has 0 radical (unpaired) electrons. The fourth-order valence-corrected chi connectivity index (χ4v) is 3.44. The van der Waals surface area contributed by atoms with Gasteiger partial charge in [-0.2, -0.15) is 13.2 Å². The second-order valence-electron chi connectivity index (χ2n) is 7.46. The third-order valence-electron chi connectivity index (χ3n) is 4.59. The average Bonchev–Trinajstić information content (AvgIpc) is 2.63. The Morgan fingerprint density at radius 3 is 2.57 bits per heavy atom. The third kappa shape index (κ3) is 4.74. The summed E-state index contributed by atoms with van der Waals surface area (Å²) in [6, 6.07) is 14.0. The summed E-state index contributed by atoms with van der Waals surface area (Å²) in [5.41, 5.74) is 1.45. The maximum atomic E-state index is 12.6. The van der Waals surface area contributed by atoms with E-state index in [-0.39, 0.29) is 29.9 Å². The first-order valence-corrected chi connectivity index (χ1v) is 8.91. The van der Waals surface area contributed by atoms with Gasteiger partial charge in [0.1, 0.15) is 0 Å². The maximum Gasteiger partial charge on any atom is 0.422 e. The molecule has 1 aromatic heterocycles. The average molecular weight is 393 g/mol. The number of nitrogens with zero attached hydrogens (tertiary/aromatic N) is 2. The van der Waals surface area contributed by atoms with Gasteiger partial charge in [0.25, 0.3) is 0 Å². The molecule has 0 aliphatic carbocycles. The SMILES string of the molecule is CC1(C)CN(C(=O)NCc2cccc(OCC(F)(F)F)n2)C1c1ccccc1. The summed E-state index contributed by atoms with van der Waals surface area (Å²) in [5.74, 6) is -0.128. The van der Waals surface area contributed by atoms with Crippen LogP contribution < -0.4 is 10.1 Å². The van der Waals surface area contributed by atoms with Gasteiger partial charge in [-0.1, -0.05) is 50.2 Å². The number of amides is 2. The highest BCUT2D eigenvalue weighted by atomic mass is 19.4. The Bertz CT molecular complexity index is 825. The molecule has 1 aliphatic rings. The first-order valence-electron chi connectivity index (χ1n) is 8.91. The van der Waals surface area contributed by atoms with Crippen molar-refractivity contribution in [3.05, 3.63) is 59.8 Å². The molecule has 1 aliphatic heterocycles. The summed E-state index contributed by atoms with van der Waals surface area (Å²) >= 11 is 0. The molecule has 1 N–H and O–H groups in total. The van der Waals surface area contributed by atoms with Gasteiger partial charge in [0.15, 0.2) is 6.61 Å². The van der Waals surface area contributed by atoms with Crippen LogP contribution in [0.25, 0.3) is 0 Å². The predicted molar refractivity (Wildman–Crippen MR) is 97.7 cm³/mol. The van der Waals surface area contributed by atoms with Gasteiger partial charge >= 0.3 is 12.2 Å². The number of carbonyl (C=O) groups excluding carboxylic acids is 1. The molecule has 2 heterocycles. The van der Waals surface area contributed by atoms with E-state index in [2.05, 4.69) is 28.9 Å². The van der Waals surface area contributed by atoms with Crippen LogP contribution in [0, 0.1) is 5.41 Å². The van der Waals surface area contributed by atoms with Gasteiger partial charge in [0, 0.05) is 18.0 Å². The van der Waals surface area contributed by atoms with E-state index >= 15 is 0 Å². The number of carbonyl (C=O) groups is 1. The van der Waals surface area contributed by atoms with Crippen molar-refractivity contribution in [3.8, 4) is 5.88 Å². The first-order chi connectivity index (χ1) is 13.2. The second kappa shape index (κ2) is 7.69. The highest BCUT2D eigenvalue weighted by Crippen LogP contribution is 2.48. The van der Waals surface area contributed by atoms with Gasteiger partial charge in [-0.05, 0) is 11.6 Å². The number of hydrogen-bond acceptors (Lipinski definition) is 3. The van der Waals surface area contributed by atoms with Crippen LogP contribution in [-0.2, 0) is 6.54 Å². The zero-order chi connectivity index (χ0) is 20.4. The number of nitrogens with one attached hydrogen (secondary N) is 1. The van der Waals surface area contributed by atoms with Gasteiger partial charge in [-0.15, -0.1) is 0 Å². The number of halogens is 3. The Balaban J connectivity index is 1.60. The summed E-state index contributed by atoms with van der Waals surface area (Å²) in [7, 11) is 0. The Morgan fingerprint density at radius 1 is 1.21 bits per heavy atom. The van der Waals surface area contributed by atoms with E-state index in [1.807, 2.05) is 30.3 Å². The topological polar surface area (TPSA) is 54.5 Å². The van der Waals surface area contributed by atoms with Crippen molar-refractivity contribution in [1.29, 1.82) is 0 Å². The molecule has 28 heavy (non-hydrogen) atoms. The summed E-state index contributed by atoms with van der Waals surface area (Å²) < 4.78 is 41.4. The van der Waals surface area contributed by atoms with Crippen LogP contribution in [-0.4, -0.2) is 35.2 Å². The van der Waals surface area contributed by atoms with Crippen LogP contribution in [0.1, 0.15) is 31.1 Å². The standard InChI is InChI=1S/C20H22F3N3O2/c1-19(2)12-26(17(19)14-7-4-3-5-8-14)18(27)24-11-15-9-6-10-16(25-15)28-13-20(21,22)23/h3-10,17H,11-13H2,1-2H3,(H,24,27). The zero-order valence-electron chi connectivity index (χ0n) is 15.7. The molecule has 2 amide bonds. The van der Waals surface area contributed by atoms with E-state index in [1.54, 1.807) is 17.0 Å². The van der Waals surface area contributed by atoms with Gasteiger partial charge in [-0.3, -0.25) is 0 Å². The quantitative estimate of drug-likeness (QED) is 0.823. The van der Waals surface area contributed by atoms with E-state index in [0.717, 1.165) is 5.56 Å². The third-order valence-corrected chi connectivity index (χ3v) is 4.59. The Hall–Kier alpha value is -2.77. The number of rotatable bonds is 5. The predicted octanol–water partition coefficient (Wildman–Crippen LogP) is 4.32. The highest BCUT2D eigenvalue weighted by molar-refractivity contribution is 5.76. The summed E-state index contributed by atoms with van der Waals surface area (Å²) in [6.45, 7) is 3.52. The van der Waals surface area contributed by atoms with Crippen LogP contribution in [0.3, 0.4) is 0 Å². The zero-order valence-corrected chi connectivity index (χ0v) is 15.7. The number of likely N-dealkylation sites (tertiary alicyclic amines) is 1. The molecule has 1 atom stereocenters. The molecule has 8 heteroatoms. The summed E-state index contributed by atoms with van der Waals surface area (Å²) in [6.07, 6.45) is -4.43. The Labute approximate surface area is 161 Å². The summed E-state index contributed by atoms with van der Waals surface area (Å²) in [5, 5.41) is 2.78. The maximum absolute atomic E-state index is 12.6. The monoisotopic (exact) mass is 393 g/mol. The Kier molecular flexibility index (Phi) is 5.49. The molecule has 1 aromatic carbocycles. The van der Waals surface area contributed by atoms with E-state index in [0.29, 0.717) is 12.2 Å². The highest BCUT2D eigenvalue weighted by Gasteiger charge is 2.48. The lowest BCUT2D eigenvalue weighted by molar-refractivity contribution is -0.154. The van der Waals surface area contributed by atoms with Crippen molar-refractivity contribution in [2.45, 2.75) is 32.6 Å². The molecular formula is C20H22F3N3O2. The van der Waals surface area contributed by atoms with Crippen LogP contribution in [0.2, 0.25) is 0 Å². The number of aromatic nitrogens is 1. The van der Waals surface area contributed by atoms with Crippen LogP contribution >= 0.6 is 0 Å². The van der Waals surface area contributed by atoms with Crippen LogP contribution in [0.4, 0.5) is 18.0 Å². The molecule has 1 saturated heterocycles. The minimum absolute atomic E-state index is 0.0388. The number of hydrogen-bond donors (Lipinski definition) is 1. The lowest BCUT2D eigenvalue weighted by atomic mass is 9.72. The van der Waals surface area contributed by atoms with Crippen molar-refractivity contribution < 1.29 is 22.7 Å². The number of benzene rings is 1. The molecule has 5 nitrogen and oxygen atoms in total. The number of alkyl halides is 3. The smallest absolute Gasteiger partial charge is 0.422 e. The number of pyridine rings is 1. The van der Waals surface area contributed by atoms with Gasteiger partial charge in [0.2, 0.25) is 5.88 Å². The van der Waals surface area contributed by atoms with E-state index < -0.39 is 12.8 Å². The molecule has 150 valence electrons. The molecule has 3 rings (SSSR count). The fourth-order valence-electron chi connectivity index (χ4n) is 3.44. The second-order valence-corrected chi connectivity index (χ2v) is 7.46. The van der Waals surface area contributed by atoms with E-state index in [1.165, 1.54) is 6.07 Å². The van der Waals surface area contributed by atoms with E-state index in [9.17, 15) is 18.0 Å². The number of ether oxygens (including phenoxy) is 1. The molecule has 2 aromatic rings. The molecule has 0 saturated carbocycles. The molecule has 0 spiro atoms. The van der Waals surface area contributed by atoms with Crippen LogP contribution in [0.15, 0.2) is 48.5 Å². The Morgan fingerprint density at radius 2 is 1.93 bits per heavy atom. The van der Waals surface area contributed by atoms with Crippen LogP contribution in [0.5, 0.6) is 5.88 Å². The molecule has 1 fully saturated rings. The van der Waals surface area contributed by atoms with Crippen molar-refractivity contribution in [2.75, 3.05) is 13.2 Å². The summed E-state index contributed by atoms with van der Waals surface area (Å²) in [4.78, 5) is 18.4. The molecule has 1 unspecified atom stereocenters. The van der Waals surface area contributed by atoms with E-state index in [4.69, 9.17) is 0 Å². The van der Waals surface area contributed by atoms with Gasteiger partial charge in [-0.25, -0.2) is 9.78 Å². The van der Waals surface area contributed by atoms with Crippen molar-refractivity contribution in [1.82, 2.24) is 15.2 Å². The molecular weight excluding hydrogens is 371 g/mol. The minimum Gasteiger partial charge on any atom is -0.468 e. The normalized spacial score (nSPS) is 18.3. The lowest BCUT2D eigenvalue weighted by Crippen LogP contribution is -2.60. The number of urea groups is 1. The van der Waals surface area contributed by atoms with Crippen molar-refractivity contribution in [3.63, 3.8) is 0 Å². The van der Waals surface area contributed by atoms with Gasteiger partial charge in [0.05, 0.1) is 18.3 Å². The largest absolute Gasteiger partial charge is 0.468 e. The lowest BCUT2D eigenvalue weighted by Gasteiger charge is -2.54. The first kappa shape index (κ1) is 20.0. The van der Waals surface area contributed by atoms with Crippen molar-refractivity contribution >= 4 is 6.03 Å². The van der Waals surface area contributed by atoms with Crippen molar-refractivity contribution in [2.24, 2.45) is 5.41 Å². The minimum atomic E-state index is -4.43. The molecule has 0 bridgehead atoms. The fraction of sp³-hybridized carbons (Fsp3) is 0.400. The van der Waals surface area contributed by atoms with Gasteiger partial charge < -0.3 is 15.0 Å².